The number of carbonyl (C=O) groups is 1. The lowest BCUT2D eigenvalue weighted by atomic mass is 10.1. The second kappa shape index (κ2) is 8.81. The highest BCUT2D eigenvalue weighted by Gasteiger charge is 2.26. The molecule has 0 saturated carbocycles. The fraction of sp³-hybridized carbons (Fsp3) is 0.261. The van der Waals surface area contributed by atoms with Gasteiger partial charge < -0.3 is 10.4 Å². The third kappa shape index (κ3) is 4.78. The minimum Gasteiger partial charge on any atom is -0.508 e. The molecule has 1 amide bonds. The average molecular weight is 423 g/mol. The lowest BCUT2D eigenvalue weighted by Gasteiger charge is -2.16. The van der Waals surface area contributed by atoms with Crippen molar-refractivity contribution in [1.82, 2.24) is 14.9 Å². The molecule has 1 atom stereocenters. The summed E-state index contributed by atoms with van der Waals surface area (Å²) in [5.41, 5.74) is 2.98. The lowest BCUT2D eigenvalue weighted by Crippen LogP contribution is -2.20. The number of hydrogen-bond acceptors (Lipinski definition) is 5. The van der Waals surface area contributed by atoms with Gasteiger partial charge in [0.05, 0.1) is 11.3 Å². The summed E-state index contributed by atoms with van der Waals surface area (Å²) in [6.07, 6.45) is 2.60. The molecule has 4 rings (SSSR count). The van der Waals surface area contributed by atoms with Crippen molar-refractivity contribution < 1.29 is 9.90 Å². The maximum Gasteiger partial charge on any atom is 0.259 e. The van der Waals surface area contributed by atoms with Crippen LogP contribution in [-0.2, 0) is 6.54 Å². The van der Waals surface area contributed by atoms with Gasteiger partial charge in [0.1, 0.15) is 11.6 Å². The van der Waals surface area contributed by atoms with Crippen molar-refractivity contribution in [2.24, 2.45) is 0 Å². The molecule has 0 spiro atoms. The largest absolute Gasteiger partial charge is 0.508 e. The molecule has 2 N–H and O–H groups in total. The minimum atomic E-state index is -0.234. The van der Waals surface area contributed by atoms with Crippen molar-refractivity contribution in [3.63, 3.8) is 0 Å². The summed E-state index contributed by atoms with van der Waals surface area (Å²) in [6, 6.07) is 14.3. The van der Waals surface area contributed by atoms with Crippen LogP contribution in [0.15, 0.2) is 54.7 Å². The Morgan fingerprint density at radius 3 is 2.63 bits per heavy atom. The van der Waals surface area contributed by atoms with E-state index >= 15 is 0 Å². The van der Waals surface area contributed by atoms with Crippen LogP contribution in [0, 0.1) is 6.92 Å². The number of phenolic OH excluding ortho intramolecular Hbond substituents is 1. The number of benzene rings is 2. The SMILES string of the molecule is Cc1nc([C@H]2CCN(Cc3ccc(O)cc3)C2)ncc1C(=O)Nc1ccc(Cl)cc1. The van der Waals surface area contributed by atoms with E-state index in [-0.39, 0.29) is 17.6 Å². The number of amides is 1. The molecule has 1 fully saturated rings. The summed E-state index contributed by atoms with van der Waals surface area (Å²) < 4.78 is 0. The van der Waals surface area contributed by atoms with Gasteiger partial charge in [-0.25, -0.2) is 9.97 Å². The van der Waals surface area contributed by atoms with Crippen LogP contribution in [0.5, 0.6) is 5.75 Å². The van der Waals surface area contributed by atoms with Crippen LogP contribution in [0.3, 0.4) is 0 Å². The van der Waals surface area contributed by atoms with E-state index in [1.54, 1.807) is 42.6 Å². The van der Waals surface area contributed by atoms with Gasteiger partial charge in [0.25, 0.3) is 5.91 Å². The van der Waals surface area contributed by atoms with Gasteiger partial charge in [-0.1, -0.05) is 23.7 Å². The molecule has 2 heterocycles. The molecule has 0 radical (unpaired) electrons. The van der Waals surface area contributed by atoms with Gasteiger partial charge >= 0.3 is 0 Å². The van der Waals surface area contributed by atoms with Crippen LogP contribution in [0.2, 0.25) is 5.02 Å². The Kier molecular flexibility index (Phi) is 5.97. The topological polar surface area (TPSA) is 78.3 Å². The third-order valence-electron chi connectivity index (χ3n) is 5.32. The van der Waals surface area contributed by atoms with Gasteiger partial charge in [0.15, 0.2) is 0 Å². The molecule has 6 nitrogen and oxygen atoms in total. The number of aryl methyl sites for hydroxylation is 1. The standard InChI is InChI=1S/C23H23ClN4O2/c1-15-21(23(30)27-19-6-4-18(24)5-7-19)12-25-22(26-15)17-10-11-28(14-17)13-16-2-8-20(29)9-3-16/h2-9,12,17,29H,10-11,13-14H2,1H3,(H,27,30)/t17-/m0/s1. The van der Waals surface area contributed by atoms with E-state index in [4.69, 9.17) is 11.6 Å². The summed E-state index contributed by atoms with van der Waals surface area (Å²) in [7, 11) is 0. The monoisotopic (exact) mass is 422 g/mol. The molecule has 0 bridgehead atoms. The normalized spacial score (nSPS) is 16.5. The molecule has 0 unspecified atom stereocenters. The fourth-order valence-corrected chi connectivity index (χ4v) is 3.81. The number of halogens is 1. The number of carbonyl (C=O) groups excluding carboxylic acids is 1. The molecule has 7 heteroatoms. The van der Waals surface area contributed by atoms with Crippen LogP contribution in [0.1, 0.15) is 39.8 Å². The van der Waals surface area contributed by atoms with E-state index in [1.165, 1.54) is 5.56 Å². The molecule has 3 aromatic rings. The minimum absolute atomic E-state index is 0.234. The number of aromatic nitrogens is 2. The Hall–Kier alpha value is -2.96. The zero-order valence-electron chi connectivity index (χ0n) is 16.7. The van der Waals surface area contributed by atoms with Crippen molar-refractivity contribution in [3.8, 4) is 5.75 Å². The van der Waals surface area contributed by atoms with Gasteiger partial charge in [0, 0.05) is 35.9 Å². The zero-order chi connectivity index (χ0) is 21.1. The summed E-state index contributed by atoms with van der Waals surface area (Å²) >= 11 is 5.89. The van der Waals surface area contributed by atoms with Gasteiger partial charge in [-0.2, -0.15) is 0 Å². The molecular weight excluding hydrogens is 400 g/mol. The van der Waals surface area contributed by atoms with E-state index in [9.17, 15) is 9.90 Å². The van der Waals surface area contributed by atoms with Crippen molar-refractivity contribution in [2.75, 3.05) is 18.4 Å². The first-order chi connectivity index (χ1) is 14.5. The Morgan fingerprint density at radius 1 is 1.20 bits per heavy atom. The Labute approximate surface area is 180 Å². The molecule has 0 aliphatic carbocycles. The number of anilines is 1. The van der Waals surface area contributed by atoms with Crippen molar-refractivity contribution in [1.29, 1.82) is 0 Å². The number of aromatic hydroxyl groups is 1. The number of nitrogens with zero attached hydrogens (tertiary/aromatic N) is 3. The second-order valence-electron chi connectivity index (χ2n) is 7.58. The van der Waals surface area contributed by atoms with Gasteiger partial charge in [-0.05, 0) is 61.9 Å². The van der Waals surface area contributed by atoms with Gasteiger partial charge in [0.2, 0.25) is 0 Å². The first-order valence-corrected chi connectivity index (χ1v) is 10.3. The number of likely N-dealkylation sites (tertiary alicyclic amines) is 1. The number of hydrogen-bond donors (Lipinski definition) is 2. The average Bonchev–Trinajstić information content (AvgIpc) is 3.20. The van der Waals surface area contributed by atoms with E-state index < -0.39 is 0 Å². The summed E-state index contributed by atoms with van der Waals surface area (Å²) in [4.78, 5) is 24.1. The van der Waals surface area contributed by atoms with Gasteiger partial charge in [-0.15, -0.1) is 0 Å². The van der Waals surface area contributed by atoms with Crippen LogP contribution in [-0.4, -0.2) is 39.0 Å². The summed E-state index contributed by atoms with van der Waals surface area (Å²) in [6.45, 7) is 4.51. The smallest absolute Gasteiger partial charge is 0.259 e. The zero-order valence-corrected chi connectivity index (χ0v) is 17.4. The Bertz CT molecular complexity index is 1040. The maximum atomic E-state index is 12.6. The van der Waals surface area contributed by atoms with E-state index in [1.807, 2.05) is 19.1 Å². The van der Waals surface area contributed by atoms with E-state index in [0.29, 0.717) is 22.0 Å². The van der Waals surface area contributed by atoms with Crippen LogP contribution >= 0.6 is 11.6 Å². The predicted octanol–water partition coefficient (Wildman–Crippen LogP) is 4.39. The maximum absolute atomic E-state index is 12.6. The summed E-state index contributed by atoms with van der Waals surface area (Å²) in [5, 5.41) is 12.9. The molecule has 1 saturated heterocycles. The highest BCUT2D eigenvalue weighted by molar-refractivity contribution is 6.30. The van der Waals surface area contributed by atoms with Crippen LogP contribution in [0.25, 0.3) is 0 Å². The predicted molar refractivity (Wildman–Crippen MR) is 117 cm³/mol. The molecule has 154 valence electrons. The fourth-order valence-electron chi connectivity index (χ4n) is 3.68. The number of rotatable bonds is 5. The molecule has 1 aromatic heterocycles. The molecule has 1 aliphatic heterocycles. The highest BCUT2D eigenvalue weighted by Crippen LogP contribution is 2.27. The number of phenols is 1. The quantitative estimate of drug-likeness (QED) is 0.637. The molecule has 2 aromatic carbocycles. The first kappa shape index (κ1) is 20.3. The van der Waals surface area contributed by atoms with E-state index in [0.717, 1.165) is 31.9 Å². The van der Waals surface area contributed by atoms with Crippen LogP contribution in [0.4, 0.5) is 5.69 Å². The first-order valence-electron chi connectivity index (χ1n) is 9.88. The summed E-state index contributed by atoms with van der Waals surface area (Å²) in [5.74, 6) is 1.07. The van der Waals surface area contributed by atoms with Crippen molar-refractivity contribution in [3.05, 3.63) is 82.4 Å². The second-order valence-corrected chi connectivity index (χ2v) is 8.01. The van der Waals surface area contributed by atoms with Crippen molar-refractivity contribution >= 4 is 23.2 Å². The molecule has 1 aliphatic rings. The third-order valence-corrected chi connectivity index (χ3v) is 5.58. The van der Waals surface area contributed by atoms with Gasteiger partial charge in [-0.3, -0.25) is 9.69 Å². The number of nitrogens with one attached hydrogen (secondary N) is 1. The highest BCUT2D eigenvalue weighted by atomic mass is 35.5. The van der Waals surface area contributed by atoms with E-state index in [2.05, 4.69) is 20.2 Å². The van der Waals surface area contributed by atoms with Crippen molar-refractivity contribution in [2.45, 2.75) is 25.8 Å². The lowest BCUT2D eigenvalue weighted by molar-refractivity contribution is 0.102. The Morgan fingerprint density at radius 2 is 1.93 bits per heavy atom. The molecule has 30 heavy (non-hydrogen) atoms. The Balaban J connectivity index is 1.39. The van der Waals surface area contributed by atoms with Crippen LogP contribution < -0.4 is 5.32 Å². The molecular formula is C23H23ClN4O2.